The Morgan fingerprint density at radius 1 is 1.30 bits per heavy atom. The highest BCUT2D eigenvalue weighted by molar-refractivity contribution is 5.89. The van der Waals surface area contributed by atoms with Crippen LogP contribution in [0.25, 0.3) is 0 Å². The third kappa shape index (κ3) is 3.60. The molecule has 0 aromatic heterocycles. The Morgan fingerprint density at radius 2 is 2.05 bits per heavy atom. The molecule has 0 radical (unpaired) electrons. The Hall–Kier alpha value is -1.82. The highest BCUT2D eigenvalue weighted by atomic mass is 19.1. The first-order chi connectivity index (χ1) is 9.72. The maximum atomic E-state index is 14.5. The number of methoxy groups -OCH3 is 1. The maximum absolute atomic E-state index is 14.5. The van der Waals surface area contributed by atoms with Gasteiger partial charge in [-0.3, -0.25) is 0 Å². The van der Waals surface area contributed by atoms with E-state index in [1.54, 1.807) is 24.3 Å². The zero-order valence-electron chi connectivity index (χ0n) is 11.7. The van der Waals surface area contributed by atoms with Crippen molar-refractivity contribution in [3.8, 4) is 11.8 Å². The van der Waals surface area contributed by atoms with E-state index in [-0.39, 0.29) is 5.92 Å². The van der Waals surface area contributed by atoms with Gasteiger partial charge in [-0.1, -0.05) is 30.9 Å². The fourth-order valence-electron chi connectivity index (χ4n) is 2.40. The Balaban J connectivity index is 2.11. The van der Waals surface area contributed by atoms with Crippen LogP contribution < -0.4 is 0 Å². The minimum Gasteiger partial charge on any atom is -0.465 e. The van der Waals surface area contributed by atoms with Crippen molar-refractivity contribution in [3.63, 3.8) is 0 Å². The number of hydrogen-bond acceptors (Lipinski definition) is 2. The molecule has 0 bridgehead atoms. The lowest BCUT2D eigenvalue weighted by Crippen LogP contribution is -2.09. The fraction of sp³-hybridized carbons (Fsp3) is 0.471. The van der Waals surface area contributed by atoms with E-state index in [9.17, 15) is 9.18 Å². The Morgan fingerprint density at radius 3 is 2.75 bits per heavy atom. The number of alkyl halides is 1. The monoisotopic (exact) mass is 274 g/mol. The van der Waals surface area contributed by atoms with Crippen LogP contribution in [0.4, 0.5) is 4.39 Å². The molecule has 0 saturated heterocycles. The van der Waals surface area contributed by atoms with Crippen molar-refractivity contribution in [2.24, 2.45) is 5.92 Å². The molecule has 0 aliphatic heterocycles. The first-order valence-corrected chi connectivity index (χ1v) is 7.03. The fourth-order valence-corrected chi connectivity index (χ4v) is 2.40. The van der Waals surface area contributed by atoms with Gasteiger partial charge >= 0.3 is 5.97 Å². The van der Waals surface area contributed by atoms with E-state index in [4.69, 9.17) is 0 Å². The van der Waals surface area contributed by atoms with E-state index < -0.39 is 12.1 Å². The Kier molecular flexibility index (Phi) is 5.17. The van der Waals surface area contributed by atoms with Gasteiger partial charge in [0.25, 0.3) is 0 Å². The molecule has 0 amide bonds. The van der Waals surface area contributed by atoms with Crippen molar-refractivity contribution in [2.75, 3.05) is 7.11 Å². The van der Waals surface area contributed by atoms with Crippen LogP contribution in [0.3, 0.4) is 0 Å². The highest BCUT2D eigenvalue weighted by Crippen LogP contribution is 2.31. The van der Waals surface area contributed by atoms with Gasteiger partial charge in [0.15, 0.2) is 0 Å². The lowest BCUT2D eigenvalue weighted by atomic mass is 9.90. The van der Waals surface area contributed by atoms with Crippen LogP contribution in [-0.2, 0) is 4.74 Å². The largest absolute Gasteiger partial charge is 0.465 e. The van der Waals surface area contributed by atoms with Crippen LogP contribution in [0.1, 0.15) is 54.2 Å². The van der Waals surface area contributed by atoms with Crippen molar-refractivity contribution >= 4 is 5.97 Å². The molecule has 0 N–H and O–H groups in total. The van der Waals surface area contributed by atoms with E-state index in [0.717, 1.165) is 32.1 Å². The van der Waals surface area contributed by atoms with Crippen molar-refractivity contribution < 1.29 is 13.9 Å². The standard InChI is InChI=1S/C17H19FO2/c1-20-17(19)15-11-9-14(10-12-15)16(18)13-7-5-3-2-4-6-8-13/h9-13,16H,2-5,7H2,1H3. The summed E-state index contributed by atoms with van der Waals surface area (Å²) in [4.78, 5) is 11.3. The normalized spacial score (nSPS) is 20.0. The topological polar surface area (TPSA) is 26.3 Å². The molecule has 1 aromatic carbocycles. The summed E-state index contributed by atoms with van der Waals surface area (Å²) in [7, 11) is 1.33. The lowest BCUT2D eigenvalue weighted by Gasteiger charge is -2.17. The summed E-state index contributed by atoms with van der Waals surface area (Å²) in [5.74, 6) is 5.47. The molecule has 0 spiro atoms. The molecule has 0 heterocycles. The summed E-state index contributed by atoms with van der Waals surface area (Å²) >= 11 is 0. The molecule has 2 nitrogen and oxygen atoms in total. The third-order valence-electron chi connectivity index (χ3n) is 3.61. The van der Waals surface area contributed by atoms with Gasteiger partial charge in [0.2, 0.25) is 0 Å². The van der Waals surface area contributed by atoms with Gasteiger partial charge in [-0.05, 0) is 30.5 Å². The van der Waals surface area contributed by atoms with Crippen molar-refractivity contribution in [1.29, 1.82) is 0 Å². The summed E-state index contributed by atoms with van der Waals surface area (Å²) in [5.41, 5.74) is 1.02. The van der Waals surface area contributed by atoms with E-state index in [0.29, 0.717) is 11.1 Å². The van der Waals surface area contributed by atoms with Gasteiger partial charge in [-0.2, -0.15) is 0 Å². The molecule has 1 aliphatic rings. The second-order valence-electron chi connectivity index (χ2n) is 5.04. The molecule has 2 rings (SSSR count). The number of rotatable bonds is 3. The molecule has 1 aliphatic carbocycles. The summed E-state index contributed by atoms with van der Waals surface area (Å²) in [5, 5.41) is 0. The average Bonchev–Trinajstić information content (AvgIpc) is 2.46. The number of carbonyl (C=O) groups excluding carboxylic acids is 1. The second-order valence-corrected chi connectivity index (χ2v) is 5.04. The lowest BCUT2D eigenvalue weighted by molar-refractivity contribution is 0.0600. The van der Waals surface area contributed by atoms with Gasteiger partial charge in [0, 0.05) is 6.42 Å². The molecule has 2 unspecified atom stereocenters. The number of carbonyl (C=O) groups is 1. The van der Waals surface area contributed by atoms with Crippen LogP contribution in [0.15, 0.2) is 24.3 Å². The molecular formula is C17H19FO2. The highest BCUT2D eigenvalue weighted by Gasteiger charge is 2.21. The molecule has 106 valence electrons. The Bertz CT molecular complexity index is 510. The van der Waals surface area contributed by atoms with Crippen LogP contribution >= 0.6 is 0 Å². The summed E-state index contributed by atoms with van der Waals surface area (Å²) in [6.45, 7) is 0. The zero-order chi connectivity index (χ0) is 14.4. The van der Waals surface area contributed by atoms with E-state index in [2.05, 4.69) is 16.6 Å². The van der Waals surface area contributed by atoms with Crippen molar-refractivity contribution in [2.45, 2.75) is 38.3 Å². The summed E-state index contributed by atoms with van der Waals surface area (Å²) < 4.78 is 19.2. The zero-order valence-corrected chi connectivity index (χ0v) is 11.7. The minimum atomic E-state index is -1.09. The van der Waals surface area contributed by atoms with Gasteiger partial charge in [0.1, 0.15) is 6.17 Å². The number of ether oxygens (including phenoxy) is 1. The van der Waals surface area contributed by atoms with Crippen LogP contribution in [0.5, 0.6) is 0 Å². The van der Waals surface area contributed by atoms with Gasteiger partial charge in [-0.25, -0.2) is 9.18 Å². The van der Waals surface area contributed by atoms with Crippen LogP contribution in [0.2, 0.25) is 0 Å². The van der Waals surface area contributed by atoms with E-state index >= 15 is 0 Å². The smallest absolute Gasteiger partial charge is 0.337 e. The number of halogens is 1. The summed E-state index contributed by atoms with van der Waals surface area (Å²) in [6, 6.07) is 6.50. The van der Waals surface area contributed by atoms with Gasteiger partial charge in [-0.15, -0.1) is 5.92 Å². The Labute approximate surface area is 119 Å². The molecule has 0 fully saturated rings. The predicted octanol–water partition coefficient (Wildman–Crippen LogP) is 4.07. The average molecular weight is 274 g/mol. The second kappa shape index (κ2) is 7.09. The van der Waals surface area contributed by atoms with Crippen LogP contribution in [0, 0.1) is 17.8 Å². The van der Waals surface area contributed by atoms with Gasteiger partial charge in [0.05, 0.1) is 18.6 Å². The quantitative estimate of drug-likeness (QED) is 0.613. The first-order valence-electron chi connectivity index (χ1n) is 7.03. The SMILES string of the molecule is COC(=O)c1ccc(C(F)C2C#CCCCCC2)cc1. The molecule has 1 aromatic rings. The summed E-state index contributed by atoms with van der Waals surface area (Å²) in [6.07, 6.45) is 3.84. The number of benzene rings is 1. The van der Waals surface area contributed by atoms with E-state index in [1.807, 2.05) is 0 Å². The number of esters is 1. The third-order valence-corrected chi connectivity index (χ3v) is 3.61. The molecule has 0 saturated carbocycles. The van der Waals surface area contributed by atoms with Crippen molar-refractivity contribution in [3.05, 3.63) is 35.4 Å². The molecule has 20 heavy (non-hydrogen) atoms. The van der Waals surface area contributed by atoms with Gasteiger partial charge < -0.3 is 4.74 Å². The van der Waals surface area contributed by atoms with E-state index in [1.165, 1.54) is 7.11 Å². The minimum absolute atomic E-state index is 0.237. The van der Waals surface area contributed by atoms with Crippen molar-refractivity contribution in [1.82, 2.24) is 0 Å². The molecule has 2 atom stereocenters. The molecule has 3 heteroatoms. The maximum Gasteiger partial charge on any atom is 0.337 e. The predicted molar refractivity (Wildman–Crippen MR) is 76.0 cm³/mol. The molecular weight excluding hydrogens is 255 g/mol. The number of hydrogen-bond donors (Lipinski definition) is 0. The first kappa shape index (κ1) is 14.6. The van der Waals surface area contributed by atoms with Crippen LogP contribution in [-0.4, -0.2) is 13.1 Å².